The van der Waals surface area contributed by atoms with Gasteiger partial charge in [-0.2, -0.15) is 8.78 Å². The molecule has 0 aromatic carbocycles. The van der Waals surface area contributed by atoms with Crippen molar-refractivity contribution < 1.29 is 18.4 Å². The Bertz CT molecular complexity index is 547. The first-order valence-electron chi connectivity index (χ1n) is 7.73. The molecule has 0 saturated heterocycles. The molecule has 0 aromatic heterocycles. The topological polar surface area (TPSA) is 61.4 Å². The SMILES string of the molecule is C#C.C/C=C1/C(Cl)=CC(Br)=CN1CC(=O)NNC(=O)C(F)F.CC.CC. The second-order valence-corrected chi connectivity index (χ2v) is 4.97. The van der Waals surface area contributed by atoms with E-state index in [1.807, 2.05) is 33.1 Å². The molecule has 0 fully saturated rings. The van der Waals surface area contributed by atoms with Gasteiger partial charge in [0.25, 0.3) is 5.91 Å². The van der Waals surface area contributed by atoms with Gasteiger partial charge in [0.05, 0.1) is 10.7 Å². The fourth-order valence-corrected chi connectivity index (χ4v) is 2.35. The molecule has 2 amide bonds. The number of hydrogen-bond acceptors (Lipinski definition) is 3. The van der Waals surface area contributed by atoms with Gasteiger partial charge in [0, 0.05) is 10.7 Å². The average molecular weight is 457 g/mol. The Hall–Kier alpha value is -1.85. The Balaban J connectivity index is -0.000000795. The molecular formula is C17H25BrClF2N3O2. The van der Waals surface area contributed by atoms with Gasteiger partial charge in [0.1, 0.15) is 6.54 Å². The van der Waals surface area contributed by atoms with Crippen molar-refractivity contribution in [3.05, 3.63) is 33.6 Å². The standard InChI is InChI=1S/C11H11BrClF2N3O2.2C2H6.C2H2/c1-2-8-7(13)3-6(12)4-18(8)5-9(19)16-17-11(20)10(14)15;3*1-2/h2-4,10H,5H2,1H3,(H,16,19)(H,17,20);2*1-2H3;1-2H/b8-2-;;;. The largest absolute Gasteiger partial charge is 0.336 e. The van der Waals surface area contributed by atoms with Crippen molar-refractivity contribution in [1.82, 2.24) is 15.8 Å². The lowest BCUT2D eigenvalue weighted by Crippen LogP contribution is -2.47. The second kappa shape index (κ2) is 18.0. The Morgan fingerprint density at radius 2 is 1.77 bits per heavy atom. The van der Waals surface area contributed by atoms with Crippen LogP contribution in [0.5, 0.6) is 0 Å². The molecule has 0 spiro atoms. The van der Waals surface area contributed by atoms with E-state index in [4.69, 9.17) is 11.6 Å². The van der Waals surface area contributed by atoms with Crippen LogP contribution in [0.3, 0.4) is 0 Å². The first kappa shape index (κ1) is 28.9. The monoisotopic (exact) mass is 455 g/mol. The van der Waals surface area contributed by atoms with Gasteiger partial charge in [-0.25, -0.2) is 0 Å². The van der Waals surface area contributed by atoms with Crippen molar-refractivity contribution in [3.63, 3.8) is 0 Å². The number of rotatable bonds is 3. The van der Waals surface area contributed by atoms with E-state index in [2.05, 4.69) is 28.8 Å². The number of carbonyl (C=O) groups excluding carboxylic acids is 2. The molecule has 9 heteroatoms. The summed E-state index contributed by atoms with van der Waals surface area (Å²) in [5.74, 6) is -2.24. The van der Waals surface area contributed by atoms with Crippen LogP contribution in [0.4, 0.5) is 8.78 Å². The number of amides is 2. The Kier molecular flexibility index (Phi) is 20.0. The second-order valence-electron chi connectivity index (χ2n) is 3.65. The van der Waals surface area contributed by atoms with Crippen molar-refractivity contribution in [2.75, 3.05) is 6.54 Å². The minimum atomic E-state index is -3.19. The van der Waals surface area contributed by atoms with E-state index in [-0.39, 0.29) is 6.54 Å². The molecule has 26 heavy (non-hydrogen) atoms. The van der Waals surface area contributed by atoms with Gasteiger partial charge in [-0.3, -0.25) is 20.4 Å². The lowest BCUT2D eigenvalue weighted by molar-refractivity contribution is -0.136. The van der Waals surface area contributed by atoms with Crippen LogP contribution < -0.4 is 10.9 Å². The van der Waals surface area contributed by atoms with Crippen molar-refractivity contribution in [2.45, 2.75) is 41.0 Å². The van der Waals surface area contributed by atoms with Crippen LogP contribution in [0.25, 0.3) is 0 Å². The van der Waals surface area contributed by atoms with E-state index >= 15 is 0 Å². The fraction of sp³-hybridized carbons (Fsp3) is 0.412. The van der Waals surface area contributed by atoms with E-state index in [1.54, 1.807) is 30.7 Å². The van der Waals surface area contributed by atoms with Crippen LogP contribution in [0.2, 0.25) is 0 Å². The van der Waals surface area contributed by atoms with E-state index in [1.165, 1.54) is 4.90 Å². The van der Waals surface area contributed by atoms with E-state index in [0.717, 1.165) is 0 Å². The van der Waals surface area contributed by atoms with Crippen LogP contribution in [0.1, 0.15) is 34.6 Å². The van der Waals surface area contributed by atoms with Crippen LogP contribution in [0, 0.1) is 12.8 Å². The lowest BCUT2D eigenvalue weighted by atomic mass is 10.2. The van der Waals surface area contributed by atoms with Crippen LogP contribution >= 0.6 is 27.5 Å². The number of nitrogens with zero attached hydrogens (tertiary/aromatic N) is 1. The summed E-state index contributed by atoms with van der Waals surface area (Å²) in [6, 6.07) is 0. The number of carbonyl (C=O) groups is 2. The van der Waals surface area contributed by atoms with Crippen molar-refractivity contribution >= 4 is 39.3 Å². The third-order valence-corrected chi connectivity index (χ3v) is 2.95. The summed E-state index contributed by atoms with van der Waals surface area (Å²) >= 11 is 9.23. The van der Waals surface area contributed by atoms with Crippen molar-refractivity contribution in [1.29, 1.82) is 0 Å². The van der Waals surface area contributed by atoms with Gasteiger partial charge in [-0.05, 0) is 28.9 Å². The van der Waals surface area contributed by atoms with Gasteiger partial charge in [0.15, 0.2) is 0 Å². The molecule has 0 aromatic rings. The number of alkyl halides is 2. The third-order valence-electron chi connectivity index (χ3n) is 2.21. The van der Waals surface area contributed by atoms with Gasteiger partial charge < -0.3 is 4.90 Å². The smallest absolute Gasteiger partial charge is 0.317 e. The Labute approximate surface area is 167 Å². The maximum atomic E-state index is 11.9. The third kappa shape index (κ3) is 11.7. The maximum absolute atomic E-state index is 11.9. The molecule has 148 valence electrons. The highest BCUT2D eigenvalue weighted by atomic mass is 79.9. The first-order chi connectivity index (χ1) is 12.3. The predicted molar refractivity (Wildman–Crippen MR) is 106 cm³/mol. The highest BCUT2D eigenvalue weighted by molar-refractivity contribution is 9.11. The molecule has 1 rings (SSSR count). The van der Waals surface area contributed by atoms with Gasteiger partial charge in [0.2, 0.25) is 0 Å². The average Bonchev–Trinajstić information content (AvgIpc) is 2.64. The maximum Gasteiger partial charge on any atom is 0.317 e. The molecule has 0 atom stereocenters. The summed E-state index contributed by atoms with van der Waals surface area (Å²) in [7, 11) is 0. The summed E-state index contributed by atoms with van der Waals surface area (Å²) < 4.78 is 24.5. The molecular weight excluding hydrogens is 432 g/mol. The van der Waals surface area contributed by atoms with Crippen molar-refractivity contribution in [2.24, 2.45) is 0 Å². The molecule has 0 aliphatic carbocycles. The molecule has 2 N–H and O–H groups in total. The zero-order chi connectivity index (χ0) is 21.3. The summed E-state index contributed by atoms with van der Waals surface area (Å²) in [4.78, 5) is 23.7. The predicted octanol–water partition coefficient (Wildman–Crippen LogP) is 4.28. The van der Waals surface area contributed by atoms with E-state index < -0.39 is 18.2 Å². The van der Waals surface area contributed by atoms with E-state index in [0.29, 0.717) is 15.2 Å². The number of halogens is 4. The molecule has 5 nitrogen and oxygen atoms in total. The summed E-state index contributed by atoms with van der Waals surface area (Å²) in [5.41, 5.74) is 4.09. The van der Waals surface area contributed by atoms with Gasteiger partial charge in [-0.15, -0.1) is 12.8 Å². The van der Waals surface area contributed by atoms with Crippen LogP contribution in [0.15, 0.2) is 33.6 Å². The van der Waals surface area contributed by atoms with E-state index in [9.17, 15) is 18.4 Å². The zero-order valence-electron chi connectivity index (χ0n) is 15.4. The molecule has 1 aliphatic rings. The molecule has 0 radical (unpaired) electrons. The summed E-state index contributed by atoms with van der Waals surface area (Å²) in [6.45, 7) is 9.55. The number of hydrazine groups is 1. The van der Waals surface area contributed by atoms with Gasteiger partial charge >= 0.3 is 12.3 Å². The van der Waals surface area contributed by atoms with Crippen LogP contribution in [-0.2, 0) is 9.59 Å². The minimum Gasteiger partial charge on any atom is -0.336 e. The highest BCUT2D eigenvalue weighted by Gasteiger charge is 2.20. The zero-order valence-corrected chi connectivity index (χ0v) is 17.8. The molecule has 0 saturated carbocycles. The van der Waals surface area contributed by atoms with Gasteiger partial charge in [-0.1, -0.05) is 45.4 Å². The summed E-state index contributed by atoms with van der Waals surface area (Å²) in [6.07, 6.45) is 9.77. The molecule has 0 unspecified atom stereocenters. The number of allylic oxidation sites excluding steroid dienone is 4. The fourth-order valence-electron chi connectivity index (χ4n) is 1.40. The molecule has 1 heterocycles. The number of nitrogens with one attached hydrogen (secondary N) is 2. The first-order valence-corrected chi connectivity index (χ1v) is 8.90. The molecule has 1 aliphatic heterocycles. The minimum absolute atomic E-state index is 0.192. The Morgan fingerprint density at radius 3 is 2.19 bits per heavy atom. The quantitative estimate of drug-likeness (QED) is 0.492. The normalized spacial score (nSPS) is 13.5. The highest BCUT2D eigenvalue weighted by Crippen LogP contribution is 2.28. The van der Waals surface area contributed by atoms with Crippen molar-refractivity contribution in [3.8, 4) is 12.8 Å². The lowest BCUT2D eigenvalue weighted by Gasteiger charge is -2.26. The number of terminal acetylenes is 1. The summed E-state index contributed by atoms with van der Waals surface area (Å²) in [5, 5.41) is 0.422. The van der Waals surface area contributed by atoms with Crippen LogP contribution in [-0.4, -0.2) is 29.7 Å². The molecule has 0 bridgehead atoms. The number of hydrogen-bond donors (Lipinski definition) is 2. The Morgan fingerprint density at radius 1 is 1.27 bits per heavy atom.